The van der Waals surface area contributed by atoms with Gasteiger partial charge in [-0.25, -0.2) is 0 Å². The van der Waals surface area contributed by atoms with E-state index in [1.54, 1.807) is 0 Å². The summed E-state index contributed by atoms with van der Waals surface area (Å²) in [6.07, 6.45) is 3.78. The molecule has 1 saturated heterocycles. The molecule has 1 unspecified atom stereocenters. The monoisotopic (exact) mass is 246 g/mol. The summed E-state index contributed by atoms with van der Waals surface area (Å²) in [6, 6.07) is 9.68. The summed E-state index contributed by atoms with van der Waals surface area (Å²) in [6.45, 7) is 9.14. The van der Waals surface area contributed by atoms with Crippen molar-refractivity contribution in [2.45, 2.75) is 45.7 Å². The van der Waals surface area contributed by atoms with Gasteiger partial charge >= 0.3 is 0 Å². The number of rotatable bonds is 5. The van der Waals surface area contributed by atoms with E-state index in [4.69, 9.17) is 0 Å². The molecule has 0 spiro atoms. The van der Waals surface area contributed by atoms with E-state index in [0.29, 0.717) is 6.04 Å². The van der Waals surface area contributed by atoms with Crippen molar-refractivity contribution in [3.05, 3.63) is 35.4 Å². The zero-order valence-corrected chi connectivity index (χ0v) is 11.8. The van der Waals surface area contributed by atoms with Gasteiger partial charge in [0.25, 0.3) is 0 Å². The van der Waals surface area contributed by atoms with Gasteiger partial charge in [0.15, 0.2) is 0 Å². The summed E-state index contributed by atoms with van der Waals surface area (Å²) in [5.74, 6) is 0. The largest absolute Gasteiger partial charge is 0.309 e. The van der Waals surface area contributed by atoms with Crippen LogP contribution >= 0.6 is 0 Å². The lowest BCUT2D eigenvalue weighted by Gasteiger charge is -2.32. The Kier molecular flexibility index (Phi) is 5.21. The number of nitrogens with zero attached hydrogens (tertiary/aromatic N) is 1. The molecule has 1 fully saturated rings. The molecular weight excluding hydrogens is 220 g/mol. The molecule has 0 amide bonds. The lowest BCUT2D eigenvalue weighted by molar-refractivity contribution is 0.198. The van der Waals surface area contributed by atoms with Crippen molar-refractivity contribution in [2.24, 2.45) is 0 Å². The van der Waals surface area contributed by atoms with Gasteiger partial charge in [-0.3, -0.25) is 0 Å². The molecule has 0 aliphatic carbocycles. The fraction of sp³-hybridized carbons (Fsp3) is 0.625. The Morgan fingerprint density at radius 1 is 1.17 bits per heavy atom. The Balaban J connectivity index is 1.79. The molecule has 1 N–H and O–H groups in total. The summed E-state index contributed by atoms with van der Waals surface area (Å²) >= 11 is 0. The molecule has 0 aromatic heterocycles. The molecule has 0 saturated carbocycles. The van der Waals surface area contributed by atoms with E-state index in [2.05, 4.69) is 48.3 Å². The highest BCUT2D eigenvalue weighted by molar-refractivity contribution is 5.22. The average molecular weight is 246 g/mol. The number of hydrogen-bond acceptors (Lipinski definition) is 2. The van der Waals surface area contributed by atoms with Crippen LogP contribution in [0.2, 0.25) is 0 Å². The van der Waals surface area contributed by atoms with Gasteiger partial charge in [0.1, 0.15) is 0 Å². The number of benzene rings is 1. The van der Waals surface area contributed by atoms with Gasteiger partial charge in [0, 0.05) is 19.1 Å². The van der Waals surface area contributed by atoms with Crippen molar-refractivity contribution < 1.29 is 0 Å². The smallest absolute Gasteiger partial charge is 0.0208 e. The molecule has 2 rings (SSSR count). The summed E-state index contributed by atoms with van der Waals surface area (Å²) in [7, 11) is 0. The first-order chi connectivity index (χ1) is 8.81. The number of aryl methyl sites for hydroxylation is 1. The fourth-order valence-electron chi connectivity index (χ4n) is 2.66. The minimum Gasteiger partial charge on any atom is -0.309 e. The Morgan fingerprint density at radius 2 is 1.89 bits per heavy atom. The van der Waals surface area contributed by atoms with E-state index in [0.717, 1.165) is 13.0 Å². The van der Waals surface area contributed by atoms with Crippen LogP contribution in [0.3, 0.4) is 0 Å². The highest BCUT2D eigenvalue weighted by Crippen LogP contribution is 2.11. The molecule has 1 heterocycles. The van der Waals surface area contributed by atoms with Gasteiger partial charge in [-0.2, -0.15) is 0 Å². The van der Waals surface area contributed by atoms with Crippen molar-refractivity contribution in [3.8, 4) is 0 Å². The molecule has 18 heavy (non-hydrogen) atoms. The summed E-state index contributed by atoms with van der Waals surface area (Å²) in [5, 5.41) is 3.70. The van der Waals surface area contributed by atoms with Crippen molar-refractivity contribution in [3.63, 3.8) is 0 Å². The SMILES string of the molecule is CCc1ccc(CNC2CCCN(CC)C2)cc1. The number of likely N-dealkylation sites (tertiary alicyclic amines) is 1. The van der Waals surface area contributed by atoms with E-state index in [1.807, 2.05) is 0 Å². The van der Waals surface area contributed by atoms with E-state index < -0.39 is 0 Å². The minimum atomic E-state index is 0.671. The lowest BCUT2D eigenvalue weighted by Crippen LogP contribution is -2.45. The Bertz CT molecular complexity index is 345. The molecule has 2 heteroatoms. The molecule has 0 bridgehead atoms. The molecular formula is C16H26N2. The van der Waals surface area contributed by atoms with Crippen molar-refractivity contribution in [2.75, 3.05) is 19.6 Å². The van der Waals surface area contributed by atoms with Crippen molar-refractivity contribution >= 4 is 0 Å². The number of likely N-dealkylation sites (N-methyl/N-ethyl adjacent to an activating group) is 1. The summed E-state index contributed by atoms with van der Waals surface area (Å²) in [4.78, 5) is 2.54. The molecule has 0 radical (unpaired) electrons. The standard InChI is InChI=1S/C16H26N2/c1-3-14-7-9-15(10-8-14)12-17-16-6-5-11-18(4-2)13-16/h7-10,16-17H,3-6,11-13H2,1-2H3. The maximum atomic E-state index is 3.70. The van der Waals surface area contributed by atoms with Gasteiger partial charge in [-0.15, -0.1) is 0 Å². The second-order valence-electron chi connectivity index (χ2n) is 5.28. The van der Waals surface area contributed by atoms with Crippen LogP contribution in [0, 0.1) is 0 Å². The fourth-order valence-corrected chi connectivity index (χ4v) is 2.66. The molecule has 1 aliphatic heterocycles. The number of nitrogens with one attached hydrogen (secondary N) is 1. The normalized spacial score (nSPS) is 21.1. The van der Waals surface area contributed by atoms with E-state index in [9.17, 15) is 0 Å². The number of hydrogen-bond donors (Lipinski definition) is 1. The Hall–Kier alpha value is -0.860. The van der Waals surface area contributed by atoms with Crippen LogP contribution in [-0.4, -0.2) is 30.6 Å². The first-order valence-corrected chi connectivity index (χ1v) is 7.35. The zero-order chi connectivity index (χ0) is 12.8. The highest BCUT2D eigenvalue weighted by atomic mass is 15.2. The third-order valence-corrected chi connectivity index (χ3v) is 3.98. The van der Waals surface area contributed by atoms with Crippen LogP contribution < -0.4 is 5.32 Å². The third-order valence-electron chi connectivity index (χ3n) is 3.98. The topological polar surface area (TPSA) is 15.3 Å². The van der Waals surface area contributed by atoms with E-state index >= 15 is 0 Å². The minimum absolute atomic E-state index is 0.671. The highest BCUT2D eigenvalue weighted by Gasteiger charge is 2.17. The first-order valence-electron chi connectivity index (χ1n) is 7.35. The van der Waals surface area contributed by atoms with Crippen LogP contribution in [0.15, 0.2) is 24.3 Å². The third kappa shape index (κ3) is 3.82. The number of piperidine rings is 1. The van der Waals surface area contributed by atoms with Crippen molar-refractivity contribution in [1.29, 1.82) is 0 Å². The van der Waals surface area contributed by atoms with Crippen molar-refractivity contribution in [1.82, 2.24) is 10.2 Å². The van der Waals surface area contributed by atoms with Gasteiger partial charge in [0.2, 0.25) is 0 Å². The first kappa shape index (κ1) is 13.6. The molecule has 1 aromatic carbocycles. The zero-order valence-electron chi connectivity index (χ0n) is 11.8. The lowest BCUT2D eigenvalue weighted by atomic mass is 10.0. The quantitative estimate of drug-likeness (QED) is 0.859. The van der Waals surface area contributed by atoms with Crippen LogP contribution in [0.5, 0.6) is 0 Å². The van der Waals surface area contributed by atoms with Crippen LogP contribution in [0.4, 0.5) is 0 Å². The summed E-state index contributed by atoms with van der Waals surface area (Å²) in [5.41, 5.74) is 2.83. The second-order valence-corrected chi connectivity index (χ2v) is 5.28. The van der Waals surface area contributed by atoms with Crippen LogP contribution in [0.25, 0.3) is 0 Å². The van der Waals surface area contributed by atoms with E-state index in [-0.39, 0.29) is 0 Å². The van der Waals surface area contributed by atoms with Crippen LogP contribution in [0.1, 0.15) is 37.8 Å². The molecule has 100 valence electrons. The summed E-state index contributed by atoms with van der Waals surface area (Å²) < 4.78 is 0. The van der Waals surface area contributed by atoms with Gasteiger partial charge in [-0.1, -0.05) is 38.1 Å². The molecule has 2 nitrogen and oxygen atoms in total. The van der Waals surface area contributed by atoms with Gasteiger partial charge in [-0.05, 0) is 43.5 Å². The molecule has 1 aliphatic rings. The van der Waals surface area contributed by atoms with Gasteiger partial charge < -0.3 is 10.2 Å². The predicted molar refractivity (Wildman–Crippen MR) is 77.8 cm³/mol. The van der Waals surface area contributed by atoms with Crippen LogP contribution in [-0.2, 0) is 13.0 Å². The molecule has 1 atom stereocenters. The molecule has 1 aromatic rings. The van der Waals surface area contributed by atoms with Gasteiger partial charge in [0.05, 0.1) is 0 Å². The Labute approximate surface area is 111 Å². The Morgan fingerprint density at radius 3 is 2.56 bits per heavy atom. The maximum Gasteiger partial charge on any atom is 0.0208 e. The maximum absolute atomic E-state index is 3.70. The second kappa shape index (κ2) is 6.91. The van der Waals surface area contributed by atoms with E-state index in [1.165, 1.54) is 43.6 Å². The average Bonchev–Trinajstić information content (AvgIpc) is 2.46. The predicted octanol–water partition coefficient (Wildman–Crippen LogP) is 2.82.